The van der Waals surface area contributed by atoms with Crippen LogP contribution in [0.1, 0.15) is 103 Å². The summed E-state index contributed by atoms with van der Waals surface area (Å²) in [6.45, 7) is 2.21. The van der Waals surface area contributed by atoms with E-state index in [2.05, 4.69) is 16.8 Å². The molecule has 23 heavy (non-hydrogen) atoms. The van der Waals surface area contributed by atoms with Crippen molar-refractivity contribution < 1.29 is 14.7 Å². The first kappa shape index (κ1) is 21.9. The van der Waals surface area contributed by atoms with Crippen LogP contribution < -0.4 is 0 Å². The van der Waals surface area contributed by atoms with E-state index >= 15 is 0 Å². The lowest BCUT2D eigenvalue weighted by Gasteiger charge is -2.05. The Hall–Kier alpha value is -1.06. The molecule has 0 aromatic rings. The molecular formula is C19H37NO3. The van der Waals surface area contributed by atoms with E-state index in [0.29, 0.717) is 6.42 Å². The van der Waals surface area contributed by atoms with Crippen LogP contribution in [0.15, 0.2) is 5.16 Å². The number of ether oxygens (including phenoxy) is 1. The molecular weight excluding hydrogens is 290 g/mol. The molecule has 0 saturated carbocycles. The van der Waals surface area contributed by atoms with Crippen LogP contribution in [-0.2, 0) is 9.53 Å². The highest BCUT2D eigenvalue weighted by Crippen LogP contribution is 2.13. The number of esters is 1. The molecule has 0 unspecified atom stereocenters. The molecule has 0 aromatic heterocycles. The number of hydrogen-bond acceptors (Lipinski definition) is 4. The van der Waals surface area contributed by atoms with Gasteiger partial charge in [0.1, 0.15) is 0 Å². The van der Waals surface area contributed by atoms with Crippen molar-refractivity contribution in [1.82, 2.24) is 0 Å². The number of rotatable bonds is 16. The van der Waals surface area contributed by atoms with Crippen molar-refractivity contribution in [1.29, 1.82) is 0 Å². The first-order valence-corrected chi connectivity index (χ1v) is 9.51. The molecule has 0 spiro atoms. The third kappa shape index (κ3) is 15.6. The van der Waals surface area contributed by atoms with E-state index in [0.717, 1.165) is 44.2 Å². The summed E-state index contributed by atoms with van der Waals surface area (Å²) in [5.41, 5.74) is 0.976. The van der Waals surface area contributed by atoms with Crippen LogP contribution in [0, 0.1) is 0 Å². The lowest BCUT2D eigenvalue weighted by molar-refractivity contribution is -0.140. The monoisotopic (exact) mass is 327 g/mol. The van der Waals surface area contributed by atoms with E-state index < -0.39 is 0 Å². The molecule has 0 aliphatic carbocycles. The molecule has 0 aromatic carbocycles. The minimum Gasteiger partial charge on any atom is -0.469 e. The summed E-state index contributed by atoms with van der Waals surface area (Å²) >= 11 is 0. The fourth-order valence-electron chi connectivity index (χ4n) is 2.74. The molecule has 0 amide bonds. The quantitative estimate of drug-likeness (QED) is 0.127. The summed E-state index contributed by atoms with van der Waals surface area (Å²) in [4.78, 5) is 10.9. The lowest BCUT2D eigenvalue weighted by Crippen LogP contribution is -1.99. The smallest absolute Gasteiger partial charge is 0.305 e. The maximum atomic E-state index is 10.9. The number of methoxy groups -OCH3 is 1. The average molecular weight is 328 g/mol. The van der Waals surface area contributed by atoms with Crippen LogP contribution in [0.3, 0.4) is 0 Å². The molecule has 136 valence electrons. The molecule has 0 radical (unpaired) electrons. The largest absolute Gasteiger partial charge is 0.469 e. The highest BCUT2D eigenvalue weighted by atomic mass is 16.5. The van der Waals surface area contributed by atoms with Gasteiger partial charge in [-0.1, -0.05) is 69.9 Å². The van der Waals surface area contributed by atoms with Crippen LogP contribution in [0.4, 0.5) is 0 Å². The Balaban J connectivity index is 3.32. The minimum absolute atomic E-state index is 0.0963. The zero-order chi connectivity index (χ0) is 17.2. The van der Waals surface area contributed by atoms with Gasteiger partial charge in [-0.05, 0) is 32.1 Å². The van der Waals surface area contributed by atoms with Gasteiger partial charge < -0.3 is 9.94 Å². The molecule has 0 bridgehead atoms. The summed E-state index contributed by atoms with van der Waals surface area (Å²) < 4.78 is 4.62. The van der Waals surface area contributed by atoms with Gasteiger partial charge in [0.25, 0.3) is 0 Å². The van der Waals surface area contributed by atoms with Crippen molar-refractivity contribution in [2.45, 2.75) is 103 Å². The minimum atomic E-state index is -0.0963. The van der Waals surface area contributed by atoms with Crippen molar-refractivity contribution in [3.63, 3.8) is 0 Å². The number of carbonyl (C=O) groups excluding carboxylic acids is 1. The fraction of sp³-hybridized carbons (Fsp3) is 0.895. The standard InChI is InChI=1S/C19H37NO3/c1-3-4-5-12-15-18(20-22)16-13-10-8-6-7-9-11-14-17-19(21)23-2/h22H,3-17H2,1-2H3/b20-18+. The average Bonchev–Trinajstić information content (AvgIpc) is 2.57. The zero-order valence-electron chi connectivity index (χ0n) is 15.3. The van der Waals surface area contributed by atoms with Crippen molar-refractivity contribution in [3.8, 4) is 0 Å². The molecule has 0 atom stereocenters. The number of nitrogens with zero attached hydrogens (tertiary/aromatic N) is 1. The van der Waals surface area contributed by atoms with Gasteiger partial charge in [-0.3, -0.25) is 4.79 Å². The second kappa shape index (κ2) is 17.3. The topological polar surface area (TPSA) is 58.9 Å². The number of carbonyl (C=O) groups is 1. The second-order valence-corrected chi connectivity index (χ2v) is 6.38. The van der Waals surface area contributed by atoms with Crippen LogP contribution in [-0.4, -0.2) is 24.0 Å². The van der Waals surface area contributed by atoms with Gasteiger partial charge in [0.05, 0.1) is 12.8 Å². The first-order chi connectivity index (χ1) is 11.2. The van der Waals surface area contributed by atoms with E-state index in [1.165, 1.54) is 58.5 Å². The lowest BCUT2D eigenvalue weighted by atomic mass is 10.0. The summed E-state index contributed by atoms with van der Waals surface area (Å²) in [6, 6.07) is 0. The van der Waals surface area contributed by atoms with Crippen molar-refractivity contribution in [2.75, 3.05) is 7.11 Å². The van der Waals surface area contributed by atoms with Gasteiger partial charge in [-0.25, -0.2) is 0 Å². The van der Waals surface area contributed by atoms with Gasteiger partial charge in [0, 0.05) is 6.42 Å². The Labute approximate surface area is 142 Å². The number of hydrogen-bond donors (Lipinski definition) is 1. The summed E-state index contributed by atoms with van der Waals surface area (Å²) in [5, 5.41) is 12.5. The highest BCUT2D eigenvalue weighted by Gasteiger charge is 2.01. The normalized spacial score (nSPS) is 11.7. The van der Waals surface area contributed by atoms with Crippen molar-refractivity contribution in [3.05, 3.63) is 0 Å². The van der Waals surface area contributed by atoms with E-state index in [-0.39, 0.29) is 5.97 Å². The van der Waals surface area contributed by atoms with Crippen LogP contribution in [0.25, 0.3) is 0 Å². The Morgan fingerprint density at radius 3 is 1.65 bits per heavy atom. The summed E-state index contributed by atoms with van der Waals surface area (Å²) in [5.74, 6) is -0.0963. The molecule has 0 rings (SSSR count). The molecule has 4 nitrogen and oxygen atoms in total. The van der Waals surface area contributed by atoms with Crippen molar-refractivity contribution in [2.24, 2.45) is 5.16 Å². The van der Waals surface area contributed by atoms with Crippen LogP contribution in [0.2, 0.25) is 0 Å². The van der Waals surface area contributed by atoms with E-state index in [4.69, 9.17) is 5.21 Å². The van der Waals surface area contributed by atoms with E-state index in [1.807, 2.05) is 0 Å². The number of unbranched alkanes of at least 4 members (excludes halogenated alkanes) is 10. The molecule has 0 aliphatic heterocycles. The summed E-state index contributed by atoms with van der Waals surface area (Å²) in [7, 11) is 1.44. The molecule has 0 fully saturated rings. The maximum Gasteiger partial charge on any atom is 0.305 e. The maximum absolute atomic E-state index is 10.9. The molecule has 0 aliphatic rings. The third-order valence-corrected chi connectivity index (χ3v) is 4.28. The summed E-state index contributed by atoms with van der Waals surface area (Å²) in [6.07, 6.45) is 16.8. The van der Waals surface area contributed by atoms with Gasteiger partial charge in [0.2, 0.25) is 0 Å². The third-order valence-electron chi connectivity index (χ3n) is 4.28. The van der Waals surface area contributed by atoms with Gasteiger partial charge in [-0.2, -0.15) is 0 Å². The van der Waals surface area contributed by atoms with Gasteiger partial charge in [0.15, 0.2) is 0 Å². The van der Waals surface area contributed by atoms with Crippen LogP contribution >= 0.6 is 0 Å². The number of oxime groups is 1. The Morgan fingerprint density at radius 1 is 0.783 bits per heavy atom. The Kier molecular flexibility index (Phi) is 16.5. The molecule has 0 heterocycles. The predicted octanol–water partition coefficient (Wildman–Crippen LogP) is 5.86. The van der Waals surface area contributed by atoms with Gasteiger partial charge >= 0.3 is 5.97 Å². The Bertz CT molecular complexity index is 303. The Morgan fingerprint density at radius 2 is 1.22 bits per heavy atom. The molecule has 4 heteroatoms. The zero-order valence-corrected chi connectivity index (χ0v) is 15.3. The second-order valence-electron chi connectivity index (χ2n) is 6.38. The van der Waals surface area contributed by atoms with E-state index in [9.17, 15) is 4.79 Å². The van der Waals surface area contributed by atoms with Gasteiger partial charge in [-0.15, -0.1) is 0 Å². The molecule has 1 N–H and O–H groups in total. The van der Waals surface area contributed by atoms with E-state index in [1.54, 1.807) is 0 Å². The SMILES string of the molecule is CCCCCC/C(CCCCCCCCCCC(=O)OC)=N\O. The highest BCUT2D eigenvalue weighted by molar-refractivity contribution is 5.83. The molecule has 0 saturated heterocycles. The fourth-order valence-corrected chi connectivity index (χ4v) is 2.74. The first-order valence-electron chi connectivity index (χ1n) is 9.51. The predicted molar refractivity (Wildman–Crippen MR) is 96.2 cm³/mol. The van der Waals surface area contributed by atoms with Crippen molar-refractivity contribution >= 4 is 11.7 Å². The van der Waals surface area contributed by atoms with Crippen LogP contribution in [0.5, 0.6) is 0 Å².